The Kier molecular flexibility index (Phi) is 7.62. The second kappa shape index (κ2) is 10.6. The summed E-state index contributed by atoms with van der Waals surface area (Å²) in [6, 6.07) is 17.9. The third-order valence-electron chi connectivity index (χ3n) is 5.16. The van der Waals surface area contributed by atoms with Crippen molar-refractivity contribution < 1.29 is 9.53 Å². The second-order valence-corrected chi connectivity index (χ2v) is 7.46. The van der Waals surface area contributed by atoms with Crippen molar-refractivity contribution in [2.24, 2.45) is 0 Å². The summed E-state index contributed by atoms with van der Waals surface area (Å²) in [4.78, 5) is 14.9. The standard InChI is InChI=1S/C25H30N4O2/c1-5-16-28(18-21-11-13-23(31-4)14-12-21)17-15-24(30)26-25-19(2)27-29(20(25)3)22-9-7-6-8-10-22/h5-14H,1,15-18H2,2-4H3,(H,26,30). The molecule has 1 heterocycles. The van der Waals surface area contributed by atoms with E-state index in [0.717, 1.165) is 35.1 Å². The molecule has 1 amide bonds. The van der Waals surface area contributed by atoms with Crippen LogP contribution in [0.15, 0.2) is 67.3 Å². The molecule has 3 aromatic rings. The van der Waals surface area contributed by atoms with E-state index in [0.29, 0.717) is 19.5 Å². The first-order valence-corrected chi connectivity index (χ1v) is 10.4. The number of carbonyl (C=O) groups excluding carboxylic acids is 1. The first kappa shape index (κ1) is 22.3. The van der Waals surface area contributed by atoms with Crippen LogP contribution < -0.4 is 10.1 Å². The van der Waals surface area contributed by atoms with Gasteiger partial charge in [-0.05, 0) is 43.7 Å². The molecular formula is C25H30N4O2. The van der Waals surface area contributed by atoms with Gasteiger partial charge in [0.25, 0.3) is 0 Å². The van der Waals surface area contributed by atoms with E-state index in [1.165, 1.54) is 5.56 Å². The molecule has 0 radical (unpaired) electrons. The number of nitrogens with one attached hydrogen (secondary N) is 1. The quantitative estimate of drug-likeness (QED) is 0.492. The fraction of sp³-hybridized carbons (Fsp3) is 0.280. The molecule has 0 saturated carbocycles. The van der Waals surface area contributed by atoms with Gasteiger partial charge in [0, 0.05) is 26.1 Å². The van der Waals surface area contributed by atoms with Crippen LogP contribution in [0.4, 0.5) is 5.69 Å². The molecule has 0 bridgehead atoms. The van der Waals surface area contributed by atoms with Crippen molar-refractivity contribution in [3.8, 4) is 11.4 Å². The molecule has 2 aromatic carbocycles. The van der Waals surface area contributed by atoms with Crippen molar-refractivity contribution in [2.45, 2.75) is 26.8 Å². The summed E-state index contributed by atoms with van der Waals surface area (Å²) < 4.78 is 7.08. The number of nitrogens with zero attached hydrogens (tertiary/aromatic N) is 3. The molecule has 0 aliphatic heterocycles. The predicted molar refractivity (Wildman–Crippen MR) is 125 cm³/mol. The summed E-state index contributed by atoms with van der Waals surface area (Å²) in [5.74, 6) is 0.808. The van der Waals surface area contributed by atoms with Crippen LogP contribution in [0.3, 0.4) is 0 Å². The highest BCUT2D eigenvalue weighted by molar-refractivity contribution is 5.92. The van der Waals surface area contributed by atoms with E-state index >= 15 is 0 Å². The van der Waals surface area contributed by atoms with E-state index in [9.17, 15) is 4.79 Å². The maximum atomic E-state index is 12.7. The molecule has 31 heavy (non-hydrogen) atoms. The third kappa shape index (κ3) is 5.83. The topological polar surface area (TPSA) is 59.4 Å². The minimum atomic E-state index is -0.0254. The summed E-state index contributed by atoms with van der Waals surface area (Å²) in [6.45, 7) is 9.82. The number of para-hydroxylation sites is 1. The van der Waals surface area contributed by atoms with Gasteiger partial charge in [-0.15, -0.1) is 6.58 Å². The van der Waals surface area contributed by atoms with Crippen LogP contribution in [0.1, 0.15) is 23.4 Å². The fourth-order valence-corrected chi connectivity index (χ4v) is 3.51. The number of anilines is 1. The molecule has 0 aliphatic carbocycles. The first-order valence-electron chi connectivity index (χ1n) is 10.4. The van der Waals surface area contributed by atoms with E-state index in [4.69, 9.17) is 4.74 Å². The van der Waals surface area contributed by atoms with Gasteiger partial charge in [0.1, 0.15) is 5.75 Å². The lowest BCUT2D eigenvalue weighted by molar-refractivity contribution is -0.116. The molecule has 3 rings (SSSR count). The number of hydrogen-bond acceptors (Lipinski definition) is 4. The van der Waals surface area contributed by atoms with Crippen molar-refractivity contribution in [1.82, 2.24) is 14.7 Å². The number of methoxy groups -OCH3 is 1. The number of aryl methyl sites for hydroxylation is 1. The van der Waals surface area contributed by atoms with Crippen molar-refractivity contribution in [2.75, 3.05) is 25.5 Å². The zero-order valence-electron chi connectivity index (χ0n) is 18.5. The van der Waals surface area contributed by atoms with Crippen LogP contribution in [0.2, 0.25) is 0 Å². The summed E-state index contributed by atoms with van der Waals surface area (Å²) in [6.07, 6.45) is 2.25. The van der Waals surface area contributed by atoms with Crippen molar-refractivity contribution in [3.63, 3.8) is 0 Å². The molecule has 162 valence electrons. The number of carbonyl (C=O) groups is 1. The molecule has 1 N–H and O–H groups in total. The number of rotatable bonds is 10. The Hall–Kier alpha value is -3.38. The lowest BCUT2D eigenvalue weighted by atomic mass is 10.2. The maximum absolute atomic E-state index is 12.7. The summed E-state index contributed by atoms with van der Waals surface area (Å²) in [7, 11) is 1.66. The minimum absolute atomic E-state index is 0.0254. The highest BCUT2D eigenvalue weighted by atomic mass is 16.5. The van der Waals surface area contributed by atoms with Gasteiger partial charge in [0.2, 0.25) is 5.91 Å². The first-order chi connectivity index (χ1) is 15.0. The zero-order chi connectivity index (χ0) is 22.2. The van der Waals surface area contributed by atoms with Crippen LogP contribution in [0.5, 0.6) is 5.75 Å². The Labute approximate surface area is 184 Å². The number of aromatic nitrogens is 2. The van der Waals surface area contributed by atoms with Gasteiger partial charge in [-0.1, -0.05) is 36.4 Å². The van der Waals surface area contributed by atoms with Crippen molar-refractivity contribution >= 4 is 11.6 Å². The lowest BCUT2D eigenvalue weighted by Gasteiger charge is -2.20. The highest BCUT2D eigenvalue weighted by Crippen LogP contribution is 2.23. The lowest BCUT2D eigenvalue weighted by Crippen LogP contribution is -2.28. The van der Waals surface area contributed by atoms with Gasteiger partial charge < -0.3 is 10.1 Å². The normalized spacial score (nSPS) is 10.8. The van der Waals surface area contributed by atoms with E-state index in [-0.39, 0.29) is 5.91 Å². The van der Waals surface area contributed by atoms with Crippen LogP contribution in [-0.4, -0.2) is 40.8 Å². The van der Waals surface area contributed by atoms with E-state index in [2.05, 4.69) is 21.9 Å². The van der Waals surface area contributed by atoms with Gasteiger partial charge in [-0.25, -0.2) is 4.68 Å². The fourth-order valence-electron chi connectivity index (χ4n) is 3.51. The van der Waals surface area contributed by atoms with Gasteiger partial charge >= 0.3 is 0 Å². The van der Waals surface area contributed by atoms with E-state index < -0.39 is 0 Å². The van der Waals surface area contributed by atoms with Gasteiger partial charge in [-0.2, -0.15) is 5.10 Å². The van der Waals surface area contributed by atoms with Crippen LogP contribution in [-0.2, 0) is 11.3 Å². The third-order valence-corrected chi connectivity index (χ3v) is 5.16. The van der Waals surface area contributed by atoms with Crippen molar-refractivity contribution in [3.05, 3.63) is 84.2 Å². The van der Waals surface area contributed by atoms with Gasteiger partial charge in [0.05, 0.1) is 29.9 Å². The van der Waals surface area contributed by atoms with Gasteiger partial charge in [-0.3, -0.25) is 9.69 Å². The van der Waals surface area contributed by atoms with Crippen LogP contribution >= 0.6 is 0 Å². The second-order valence-electron chi connectivity index (χ2n) is 7.46. The number of hydrogen-bond donors (Lipinski definition) is 1. The number of amides is 1. The Bertz CT molecular complexity index is 1010. The largest absolute Gasteiger partial charge is 0.497 e. The Morgan fingerprint density at radius 1 is 1.16 bits per heavy atom. The van der Waals surface area contributed by atoms with Crippen LogP contribution in [0.25, 0.3) is 5.69 Å². The smallest absolute Gasteiger partial charge is 0.225 e. The maximum Gasteiger partial charge on any atom is 0.225 e. The molecule has 6 heteroatoms. The molecular weight excluding hydrogens is 388 g/mol. The Balaban J connectivity index is 1.61. The molecule has 0 atom stereocenters. The highest BCUT2D eigenvalue weighted by Gasteiger charge is 2.16. The molecule has 6 nitrogen and oxygen atoms in total. The monoisotopic (exact) mass is 418 g/mol. The predicted octanol–water partition coefficient (Wildman–Crippen LogP) is 4.51. The minimum Gasteiger partial charge on any atom is -0.497 e. The molecule has 0 saturated heterocycles. The Morgan fingerprint density at radius 3 is 2.52 bits per heavy atom. The average Bonchev–Trinajstić information content (AvgIpc) is 3.07. The van der Waals surface area contributed by atoms with Gasteiger partial charge in [0.15, 0.2) is 0 Å². The number of ether oxygens (including phenoxy) is 1. The average molecular weight is 419 g/mol. The molecule has 0 spiro atoms. The molecule has 0 unspecified atom stereocenters. The Morgan fingerprint density at radius 2 is 1.87 bits per heavy atom. The SMILES string of the molecule is C=CCN(CCC(=O)Nc1c(C)nn(-c2ccccc2)c1C)Cc1ccc(OC)cc1. The number of benzene rings is 2. The van der Waals surface area contributed by atoms with Crippen LogP contribution in [0, 0.1) is 13.8 Å². The van der Waals surface area contributed by atoms with E-state index in [1.54, 1.807) is 7.11 Å². The summed E-state index contributed by atoms with van der Waals surface area (Å²) in [5, 5.41) is 7.65. The zero-order valence-corrected chi connectivity index (χ0v) is 18.5. The molecule has 0 aliphatic rings. The summed E-state index contributed by atoms with van der Waals surface area (Å²) in [5.41, 5.74) is 4.63. The summed E-state index contributed by atoms with van der Waals surface area (Å²) >= 11 is 0. The van der Waals surface area contributed by atoms with Crippen molar-refractivity contribution in [1.29, 1.82) is 0 Å². The molecule has 0 fully saturated rings. The molecule has 1 aromatic heterocycles. The van der Waals surface area contributed by atoms with E-state index in [1.807, 2.05) is 79.2 Å².